The van der Waals surface area contributed by atoms with Crippen LogP contribution < -0.4 is 15.4 Å². The van der Waals surface area contributed by atoms with Crippen molar-refractivity contribution in [2.75, 3.05) is 29.4 Å². The molecular weight excluding hydrogens is 469 g/mol. The minimum Gasteiger partial charge on any atom is -0.444 e. The molecule has 0 radical (unpaired) electrons. The summed E-state index contributed by atoms with van der Waals surface area (Å²) in [4.78, 5) is 47.4. The van der Waals surface area contributed by atoms with E-state index in [4.69, 9.17) is 4.74 Å². The molecule has 5 rings (SSSR count). The summed E-state index contributed by atoms with van der Waals surface area (Å²) in [5.74, 6) is -1.77. The smallest absolute Gasteiger partial charge is 0.414 e. The number of ether oxygens (including phenoxy) is 1. The number of aromatic nitrogens is 4. The van der Waals surface area contributed by atoms with Gasteiger partial charge in [-0.25, -0.2) is 32.6 Å². The standard InChI is InChI=1S/C22H21F3N6O4/c23-15-11-13(29-12-14(35-22(29)34)2-4-17(32)19(24)25)1-3-16(15)28-7-9-30-20-18(26-5-6-27-20)21(33)31(30)10-8-28/h1,3,5-6,11,14,19H,2,4,7-10,12H2/t14-/m0/s1. The van der Waals surface area contributed by atoms with Gasteiger partial charge in [0.05, 0.1) is 31.0 Å². The molecule has 2 aliphatic rings. The average molecular weight is 490 g/mol. The van der Waals surface area contributed by atoms with Crippen LogP contribution in [-0.2, 0) is 22.6 Å². The first-order valence-corrected chi connectivity index (χ1v) is 11.1. The van der Waals surface area contributed by atoms with Crippen molar-refractivity contribution in [3.63, 3.8) is 0 Å². The van der Waals surface area contributed by atoms with Crippen LogP contribution >= 0.6 is 0 Å². The Balaban J connectivity index is 1.29. The van der Waals surface area contributed by atoms with E-state index in [1.54, 1.807) is 21.5 Å². The molecule has 0 N–H and O–H groups in total. The molecule has 0 unspecified atom stereocenters. The number of halogens is 3. The van der Waals surface area contributed by atoms with Crippen LogP contribution in [0.4, 0.5) is 29.3 Å². The summed E-state index contributed by atoms with van der Waals surface area (Å²) in [6.45, 7) is 1.54. The molecule has 4 heterocycles. The molecule has 35 heavy (non-hydrogen) atoms. The van der Waals surface area contributed by atoms with Gasteiger partial charge in [0.25, 0.3) is 12.0 Å². The van der Waals surface area contributed by atoms with Gasteiger partial charge in [0.1, 0.15) is 11.9 Å². The summed E-state index contributed by atoms with van der Waals surface area (Å²) < 4.78 is 48.4. The van der Waals surface area contributed by atoms with Gasteiger partial charge in [0.2, 0.25) is 0 Å². The van der Waals surface area contributed by atoms with Crippen LogP contribution in [0, 0.1) is 5.82 Å². The second-order valence-electron chi connectivity index (χ2n) is 8.32. The number of alkyl halides is 2. The Labute approximate surface area is 196 Å². The molecule has 1 amide bonds. The third-order valence-electron chi connectivity index (χ3n) is 6.23. The monoisotopic (exact) mass is 490 g/mol. The maximum Gasteiger partial charge on any atom is 0.414 e. The van der Waals surface area contributed by atoms with Gasteiger partial charge in [-0.15, -0.1) is 0 Å². The summed E-state index contributed by atoms with van der Waals surface area (Å²) >= 11 is 0. The zero-order valence-corrected chi connectivity index (χ0v) is 18.4. The number of ketones is 1. The number of hydrogen-bond donors (Lipinski definition) is 0. The zero-order valence-electron chi connectivity index (χ0n) is 18.4. The molecule has 2 aliphatic heterocycles. The van der Waals surface area contributed by atoms with Crippen molar-refractivity contribution in [3.05, 3.63) is 46.8 Å². The highest BCUT2D eigenvalue weighted by atomic mass is 19.3. The number of hydrogen-bond acceptors (Lipinski definition) is 7. The van der Waals surface area contributed by atoms with Crippen molar-refractivity contribution in [3.8, 4) is 0 Å². The molecular formula is C22H21F3N6O4. The predicted octanol–water partition coefficient (Wildman–Crippen LogP) is 2.19. The van der Waals surface area contributed by atoms with E-state index in [2.05, 4.69) is 9.97 Å². The third kappa shape index (κ3) is 4.21. The van der Waals surface area contributed by atoms with E-state index in [1.807, 2.05) is 4.90 Å². The van der Waals surface area contributed by atoms with Crippen LogP contribution in [0.3, 0.4) is 0 Å². The van der Waals surface area contributed by atoms with Crippen molar-refractivity contribution in [1.29, 1.82) is 0 Å². The molecule has 0 spiro atoms. The fraction of sp³-hybridized carbons (Fsp3) is 0.409. The predicted molar refractivity (Wildman–Crippen MR) is 118 cm³/mol. The van der Waals surface area contributed by atoms with Gasteiger partial charge in [-0.1, -0.05) is 0 Å². The van der Waals surface area contributed by atoms with Crippen LogP contribution in [0.5, 0.6) is 0 Å². The first kappa shape index (κ1) is 22.9. The largest absolute Gasteiger partial charge is 0.444 e. The van der Waals surface area contributed by atoms with Gasteiger partial charge < -0.3 is 9.64 Å². The number of carbonyl (C=O) groups excluding carboxylic acids is 2. The molecule has 1 aromatic carbocycles. The first-order valence-electron chi connectivity index (χ1n) is 11.1. The molecule has 0 bridgehead atoms. The second-order valence-corrected chi connectivity index (χ2v) is 8.32. The number of cyclic esters (lactones) is 1. The third-order valence-corrected chi connectivity index (χ3v) is 6.23. The van der Waals surface area contributed by atoms with Crippen molar-refractivity contribution in [2.45, 2.75) is 38.5 Å². The maximum atomic E-state index is 15.1. The number of benzene rings is 1. The molecule has 13 heteroatoms. The van der Waals surface area contributed by atoms with Crippen molar-refractivity contribution < 1.29 is 27.5 Å². The Morgan fingerprint density at radius 2 is 1.83 bits per heavy atom. The van der Waals surface area contributed by atoms with Gasteiger partial charge in [0.15, 0.2) is 16.9 Å². The lowest BCUT2D eigenvalue weighted by atomic mass is 10.1. The first-order chi connectivity index (χ1) is 16.8. The fourth-order valence-corrected chi connectivity index (χ4v) is 4.46. The van der Waals surface area contributed by atoms with Crippen molar-refractivity contribution >= 4 is 34.4 Å². The summed E-state index contributed by atoms with van der Waals surface area (Å²) in [6.07, 6.45) is -1.97. The van der Waals surface area contributed by atoms with E-state index in [0.717, 1.165) is 0 Å². The van der Waals surface area contributed by atoms with Crippen LogP contribution in [-0.4, -0.2) is 63.4 Å². The van der Waals surface area contributed by atoms with Gasteiger partial charge in [-0.3, -0.25) is 19.2 Å². The molecule has 1 atom stereocenters. The van der Waals surface area contributed by atoms with Crippen molar-refractivity contribution in [2.24, 2.45) is 0 Å². The second kappa shape index (κ2) is 9.04. The molecule has 1 saturated heterocycles. The average Bonchev–Trinajstić information content (AvgIpc) is 3.24. The van der Waals surface area contributed by atoms with Crippen molar-refractivity contribution in [1.82, 2.24) is 19.3 Å². The minimum absolute atomic E-state index is 0.0288. The van der Waals surface area contributed by atoms with Gasteiger partial charge in [-0.2, -0.15) is 0 Å². The Morgan fingerprint density at radius 1 is 1.09 bits per heavy atom. The topological polar surface area (TPSA) is 103 Å². The van der Waals surface area contributed by atoms with E-state index in [-0.39, 0.29) is 24.2 Å². The summed E-state index contributed by atoms with van der Waals surface area (Å²) in [5.41, 5.74) is 1.11. The minimum atomic E-state index is -3.06. The summed E-state index contributed by atoms with van der Waals surface area (Å²) in [5, 5.41) is 0. The highest BCUT2D eigenvalue weighted by Crippen LogP contribution is 2.29. The van der Waals surface area contributed by atoms with Gasteiger partial charge >= 0.3 is 6.09 Å². The van der Waals surface area contributed by atoms with Crippen LogP contribution in [0.1, 0.15) is 12.8 Å². The van der Waals surface area contributed by atoms with Crippen LogP contribution in [0.25, 0.3) is 11.2 Å². The Bertz CT molecular complexity index is 1360. The number of rotatable bonds is 6. The molecule has 0 aliphatic carbocycles. The molecule has 184 valence electrons. The number of carbonyl (C=O) groups is 2. The van der Waals surface area contributed by atoms with E-state index in [1.165, 1.54) is 23.4 Å². The number of fused-ring (bicyclic) bond motifs is 3. The lowest BCUT2D eigenvalue weighted by Gasteiger charge is -2.23. The lowest BCUT2D eigenvalue weighted by molar-refractivity contribution is -0.129. The lowest BCUT2D eigenvalue weighted by Crippen LogP contribution is -2.29. The number of anilines is 2. The highest BCUT2D eigenvalue weighted by Gasteiger charge is 2.33. The number of Topliss-reactive ketones (excluding diaryl/α,β-unsaturated/α-hetero) is 1. The number of nitrogens with zero attached hydrogens (tertiary/aromatic N) is 6. The molecule has 1 fully saturated rings. The van der Waals surface area contributed by atoms with Crippen LogP contribution in [0.2, 0.25) is 0 Å². The molecule has 0 saturated carbocycles. The molecule has 3 aromatic rings. The number of amides is 1. The quantitative estimate of drug-likeness (QED) is 0.522. The maximum absolute atomic E-state index is 15.1. The van der Waals surface area contributed by atoms with Crippen LogP contribution in [0.15, 0.2) is 35.4 Å². The Morgan fingerprint density at radius 3 is 2.57 bits per heavy atom. The van der Waals surface area contributed by atoms with E-state index in [0.29, 0.717) is 43.0 Å². The Kier molecular flexibility index (Phi) is 5.91. The Hall–Kier alpha value is -3.90. The fourth-order valence-electron chi connectivity index (χ4n) is 4.46. The summed E-state index contributed by atoms with van der Waals surface area (Å²) in [6, 6.07) is 4.33. The normalized spacial score (nSPS) is 18.2. The SMILES string of the molecule is O=C(CC[C@H]1CN(c2ccc(N3CCn4c(=O)c5nccnc5n4CC3)c(F)c2)C(=O)O1)C(F)F. The van der Waals surface area contributed by atoms with E-state index >= 15 is 4.39 Å². The molecule has 2 aromatic heterocycles. The highest BCUT2D eigenvalue weighted by molar-refractivity contribution is 5.90. The van der Waals surface area contributed by atoms with E-state index < -0.39 is 36.6 Å². The van der Waals surface area contributed by atoms with Gasteiger partial charge in [-0.05, 0) is 24.6 Å². The van der Waals surface area contributed by atoms with Gasteiger partial charge in [0, 0.05) is 31.9 Å². The molecule has 10 nitrogen and oxygen atoms in total. The zero-order chi connectivity index (χ0) is 24.7. The summed E-state index contributed by atoms with van der Waals surface area (Å²) in [7, 11) is 0. The van der Waals surface area contributed by atoms with E-state index in [9.17, 15) is 23.2 Å².